The molecule has 3 aliphatic rings. The van der Waals surface area contributed by atoms with Crippen LogP contribution in [0.25, 0.3) is 0 Å². The summed E-state index contributed by atoms with van der Waals surface area (Å²) in [4.78, 5) is 10.7. The molecule has 0 N–H and O–H groups in total. The predicted octanol–water partition coefficient (Wildman–Crippen LogP) is 4.26. The third-order valence-electron chi connectivity index (χ3n) is 5.41. The van der Waals surface area contributed by atoms with E-state index in [9.17, 15) is 4.91 Å². The molecule has 0 saturated heterocycles. The van der Waals surface area contributed by atoms with Crippen molar-refractivity contribution in [3.8, 4) is 0 Å². The fourth-order valence-corrected chi connectivity index (χ4v) is 3.73. The molecule has 0 aliphatic heterocycles. The molecule has 0 unspecified atom stereocenters. The first-order valence-corrected chi connectivity index (χ1v) is 7.59. The van der Waals surface area contributed by atoms with Crippen molar-refractivity contribution in [3.05, 3.63) is 21.9 Å². The number of aromatic nitrogens is 1. The van der Waals surface area contributed by atoms with Crippen molar-refractivity contribution in [2.45, 2.75) is 69.7 Å². The Morgan fingerprint density at radius 1 is 1.11 bits per heavy atom. The highest BCUT2D eigenvalue weighted by atomic mass is 16.5. The highest BCUT2D eigenvalue weighted by molar-refractivity contribution is 5.31. The van der Waals surface area contributed by atoms with Crippen molar-refractivity contribution in [1.82, 2.24) is 5.16 Å². The number of nitrogens with zero attached hydrogens (tertiary/aromatic N) is 2. The van der Waals surface area contributed by atoms with Gasteiger partial charge in [0.05, 0.1) is 5.69 Å². The Bertz CT molecular complexity index is 490. The molecule has 3 saturated carbocycles. The first-order valence-electron chi connectivity index (χ1n) is 7.59. The molecular weight excluding hydrogens is 240 g/mol. The van der Waals surface area contributed by atoms with Gasteiger partial charge in [-0.1, -0.05) is 10.3 Å². The molecule has 1 aromatic heterocycles. The van der Waals surface area contributed by atoms with Crippen molar-refractivity contribution < 1.29 is 4.52 Å². The largest absolute Gasteiger partial charge is 0.360 e. The maximum atomic E-state index is 10.7. The lowest BCUT2D eigenvalue weighted by molar-refractivity contribution is 0.292. The third-order valence-corrected chi connectivity index (χ3v) is 5.41. The van der Waals surface area contributed by atoms with Gasteiger partial charge in [-0.2, -0.15) is 4.91 Å². The van der Waals surface area contributed by atoms with Gasteiger partial charge in [-0.15, -0.1) is 0 Å². The number of nitroso groups, excluding NO2 is 1. The van der Waals surface area contributed by atoms with Crippen LogP contribution >= 0.6 is 0 Å². The van der Waals surface area contributed by atoms with Crippen molar-refractivity contribution >= 4 is 0 Å². The fourth-order valence-electron chi connectivity index (χ4n) is 3.73. The standard InChI is InChI=1S/C15H20N2O2/c18-16-9-12-13(17-19-14(12)11-1-2-11)10-3-5-15(6-4-10)7-8-15/h10-11H,1-9H2. The molecule has 0 radical (unpaired) electrons. The highest BCUT2D eigenvalue weighted by Gasteiger charge is 2.46. The lowest BCUT2D eigenvalue weighted by atomic mass is 9.77. The van der Waals surface area contributed by atoms with E-state index in [1.807, 2.05) is 0 Å². The van der Waals surface area contributed by atoms with Gasteiger partial charge < -0.3 is 4.52 Å². The number of rotatable bonds is 4. The summed E-state index contributed by atoms with van der Waals surface area (Å²) in [5, 5.41) is 7.41. The van der Waals surface area contributed by atoms with Crippen LogP contribution in [0, 0.1) is 10.3 Å². The normalized spacial score (nSPS) is 25.7. The molecule has 4 heteroatoms. The van der Waals surface area contributed by atoms with Gasteiger partial charge in [-0.25, -0.2) is 0 Å². The van der Waals surface area contributed by atoms with Crippen molar-refractivity contribution in [2.75, 3.05) is 0 Å². The SMILES string of the molecule is O=NCc1c(C2CCC3(CC2)CC3)noc1C1CC1. The first kappa shape index (κ1) is 11.6. The van der Waals surface area contributed by atoms with Crippen LogP contribution in [0.15, 0.2) is 9.70 Å². The maximum absolute atomic E-state index is 10.7. The summed E-state index contributed by atoms with van der Waals surface area (Å²) in [5.41, 5.74) is 2.77. The Hall–Kier alpha value is -1.19. The number of hydrogen-bond donors (Lipinski definition) is 0. The van der Waals surface area contributed by atoms with E-state index in [-0.39, 0.29) is 6.54 Å². The van der Waals surface area contributed by atoms with Crippen LogP contribution < -0.4 is 0 Å². The molecular formula is C15H20N2O2. The van der Waals surface area contributed by atoms with E-state index < -0.39 is 0 Å². The zero-order valence-electron chi connectivity index (χ0n) is 11.2. The monoisotopic (exact) mass is 260 g/mol. The summed E-state index contributed by atoms with van der Waals surface area (Å²) in [6.07, 6.45) is 10.3. The smallest absolute Gasteiger partial charge is 0.145 e. The van der Waals surface area contributed by atoms with Gasteiger partial charge in [-0.05, 0) is 56.8 Å². The summed E-state index contributed by atoms with van der Waals surface area (Å²) in [7, 11) is 0. The lowest BCUT2D eigenvalue weighted by Crippen LogP contribution is -2.15. The van der Waals surface area contributed by atoms with E-state index >= 15 is 0 Å². The molecule has 3 aliphatic carbocycles. The van der Waals surface area contributed by atoms with Crippen LogP contribution in [-0.2, 0) is 6.54 Å². The summed E-state index contributed by atoms with van der Waals surface area (Å²) in [6.45, 7) is 0.242. The van der Waals surface area contributed by atoms with Gasteiger partial charge in [0.2, 0.25) is 0 Å². The average molecular weight is 260 g/mol. The second kappa shape index (κ2) is 4.15. The van der Waals surface area contributed by atoms with Gasteiger partial charge in [0.15, 0.2) is 0 Å². The van der Waals surface area contributed by atoms with Gasteiger partial charge in [-0.3, -0.25) is 0 Å². The average Bonchev–Trinajstić information content (AvgIpc) is 3.34. The van der Waals surface area contributed by atoms with E-state index in [0.717, 1.165) is 17.0 Å². The van der Waals surface area contributed by atoms with Crippen LogP contribution in [-0.4, -0.2) is 5.16 Å². The second-order valence-electron chi connectivity index (χ2n) is 6.75. The van der Waals surface area contributed by atoms with Crippen LogP contribution in [0.3, 0.4) is 0 Å². The highest BCUT2D eigenvalue weighted by Crippen LogP contribution is 2.58. The Morgan fingerprint density at radius 3 is 2.42 bits per heavy atom. The van der Waals surface area contributed by atoms with E-state index in [4.69, 9.17) is 4.52 Å². The molecule has 4 nitrogen and oxygen atoms in total. The summed E-state index contributed by atoms with van der Waals surface area (Å²) in [6, 6.07) is 0. The maximum Gasteiger partial charge on any atom is 0.145 e. The zero-order chi connectivity index (χ0) is 12.9. The first-order chi connectivity index (χ1) is 9.31. The summed E-state index contributed by atoms with van der Waals surface area (Å²) >= 11 is 0. The molecule has 1 aromatic rings. The van der Waals surface area contributed by atoms with Crippen LogP contribution in [0.5, 0.6) is 0 Å². The Labute approximate surface area is 112 Å². The lowest BCUT2D eigenvalue weighted by Gasteiger charge is -2.27. The van der Waals surface area contributed by atoms with Crippen molar-refractivity contribution in [1.29, 1.82) is 0 Å². The quantitative estimate of drug-likeness (QED) is 0.760. The number of hydrogen-bond acceptors (Lipinski definition) is 4. The summed E-state index contributed by atoms with van der Waals surface area (Å²) < 4.78 is 5.54. The molecule has 1 spiro atoms. The summed E-state index contributed by atoms with van der Waals surface area (Å²) in [5.74, 6) is 1.97. The molecule has 1 heterocycles. The molecule has 0 aromatic carbocycles. The Morgan fingerprint density at radius 2 is 1.84 bits per heavy atom. The molecule has 4 rings (SSSR count). The minimum atomic E-state index is 0.242. The van der Waals surface area contributed by atoms with Gasteiger partial charge in [0, 0.05) is 17.4 Å². The van der Waals surface area contributed by atoms with E-state index in [1.165, 1.54) is 51.4 Å². The molecule has 0 atom stereocenters. The van der Waals surface area contributed by atoms with Crippen molar-refractivity contribution in [2.24, 2.45) is 10.6 Å². The topological polar surface area (TPSA) is 55.5 Å². The predicted molar refractivity (Wildman–Crippen MR) is 70.9 cm³/mol. The minimum absolute atomic E-state index is 0.242. The van der Waals surface area contributed by atoms with Crippen molar-refractivity contribution in [3.63, 3.8) is 0 Å². The van der Waals surface area contributed by atoms with Crippen LogP contribution in [0.2, 0.25) is 0 Å². The van der Waals surface area contributed by atoms with Gasteiger partial charge >= 0.3 is 0 Å². The minimum Gasteiger partial charge on any atom is -0.360 e. The van der Waals surface area contributed by atoms with Crippen LogP contribution in [0.4, 0.5) is 0 Å². The van der Waals surface area contributed by atoms with Gasteiger partial charge in [0.25, 0.3) is 0 Å². The Balaban J connectivity index is 1.57. The second-order valence-corrected chi connectivity index (χ2v) is 6.75. The van der Waals surface area contributed by atoms with Gasteiger partial charge in [0.1, 0.15) is 12.3 Å². The zero-order valence-corrected chi connectivity index (χ0v) is 11.2. The van der Waals surface area contributed by atoms with E-state index in [2.05, 4.69) is 10.3 Å². The fraction of sp³-hybridized carbons (Fsp3) is 0.800. The Kier molecular flexibility index (Phi) is 2.54. The van der Waals surface area contributed by atoms with Crippen LogP contribution in [0.1, 0.15) is 80.2 Å². The van der Waals surface area contributed by atoms with E-state index in [1.54, 1.807) is 0 Å². The van der Waals surface area contributed by atoms with E-state index in [0.29, 0.717) is 17.3 Å². The molecule has 3 fully saturated rings. The third kappa shape index (κ3) is 2.01. The molecule has 0 amide bonds. The molecule has 102 valence electrons. The molecule has 0 bridgehead atoms. The molecule has 19 heavy (non-hydrogen) atoms.